The Balaban J connectivity index is 3.20. The van der Waals surface area contributed by atoms with Crippen molar-refractivity contribution < 1.29 is 24.2 Å². The fourth-order valence-electron chi connectivity index (χ4n) is 0.782. The van der Waals surface area contributed by atoms with Crippen LogP contribution in [0.5, 0.6) is 0 Å². The summed E-state index contributed by atoms with van der Waals surface area (Å²) in [4.78, 5) is 20.9. The van der Waals surface area contributed by atoms with E-state index in [-0.39, 0.29) is 6.61 Å². The van der Waals surface area contributed by atoms with Crippen LogP contribution < -0.4 is 5.32 Å². The lowest BCUT2D eigenvalue weighted by Crippen LogP contribution is -2.26. The number of nitrogens with one attached hydrogen (secondary N) is 1. The summed E-state index contributed by atoms with van der Waals surface area (Å²) < 4.78 is 9.05. The molecule has 1 amide bonds. The average Bonchev–Trinajstić information content (AvgIpc) is 2.17. The summed E-state index contributed by atoms with van der Waals surface area (Å²) in [6.07, 6.45) is 0.476. The van der Waals surface area contributed by atoms with E-state index in [9.17, 15) is 9.59 Å². The largest absolute Gasteiger partial charge is 0.505 e. The molecular weight excluding hydrogens is 202 g/mol. The Kier molecular flexibility index (Phi) is 8.22. The minimum Gasteiger partial charge on any atom is -0.450 e. The van der Waals surface area contributed by atoms with Crippen LogP contribution in [0, 0.1) is 0 Å². The molecule has 15 heavy (non-hydrogen) atoms. The maximum absolute atomic E-state index is 10.9. The van der Waals surface area contributed by atoms with Gasteiger partial charge in [-0.25, -0.2) is 9.59 Å². The second-order valence-corrected chi connectivity index (χ2v) is 2.88. The molecular formula is C9H17NO5. The lowest BCUT2D eigenvalue weighted by atomic mass is 10.4. The third-order valence-electron chi connectivity index (χ3n) is 1.55. The highest BCUT2D eigenvalue weighted by molar-refractivity contribution is 5.66. The number of ether oxygens (including phenoxy) is 2. The summed E-state index contributed by atoms with van der Waals surface area (Å²) >= 11 is 0. The Hall–Kier alpha value is -1.46. The molecule has 2 N–H and O–H groups in total. The monoisotopic (exact) mass is 219 g/mol. The van der Waals surface area contributed by atoms with Crippen molar-refractivity contribution in [2.24, 2.45) is 0 Å². The number of carbonyl (C=O) groups excluding carboxylic acids is 1. The fourth-order valence-corrected chi connectivity index (χ4v) is 0.782. The van der Waals surface area contributed by atoms with Crippen LogP contribution in [0.4, 0.5) is 9.59 Å². The molecule has 0 heterocycles. The first-order chi connectivity index (χ1) is 7.16. The topological polar surface area (TPSA) is 84.9 Å². The number of carboxylic acid groups (broad SMARTS) is 1. The first-order valence-electron chi connectivity index (χ1n) is 4.93. The van der Waals surface area contributed by atoms with E-state index in [1.54, 1.807) is 0 Å². The highest BCUT2D eigenvalue weighted by atomic mass is 16.7. The van der Waals surface area contributed by atoms with Gasteiger partial charge in [-0.15, -0.1) is 0 Å². The molecule has 0 bridgehead atoms. The molecule has 0 unspecified atom stereocenters. The van der Waals surface area contributed by atoms with Crippen LogP contribution in [0.2, 0.25) is 0 Å². The highest BCUT2D eigenvalue weighted by Gasteiger charge is 2.00. The smallest absolute Gasteiger partial charge is 0.450 e. The minimum absolute atomic E-state index is 0.0740. The van der Waals surface area contributed by atoms with Crippen molar-refractivity contribution in [1.29, 1.82) is 0 Å². The standard InChI is InChI=1S/C9H17NO5/c1-2-3-6-14-8(11)10-5-4-7-15-9(12)13/h2-7H2,1H3,(H,10,11)(H,12,13). The van der Waals surface area contributed by atoms with Crippen LogP contribution in [0.1, 0.15) is 26.2 Å². The van der Waals surface area contributed by atoms with Gasteiger partial charge in [0.15, 0.2) is 0 Å². The lowest BCUT2D eigenvalue weighted by Gasteiger charge is -2.05. The van der Waals surface area contributed by atoms with Crippen LogP contribution in [-0.2, 0) is 9.47 Å². The zero-order chi connectivity index (χ0) is 11.5. The molecule has 0 aromatic rings. The van der Waals surface area contributed by atoms with E-state index in [2.05, 4.69) is 10.1 Å². The summed E-state index contributed by atoms with van der Waals surface area (Å²) in [5, 5.41) is 10.6. The molecule has 0 saturated heterocycles. The van der Waals surface area contributed by atoms with Gasteiger partial charge < -0.3 is 19.9 Å². The Morgan fingerprint density at radius 1 is 1.20 bits per heavy atom. The molecule has 6 nitrogen and oxygen atoms in total. The lowest BCUT2D eigenvalue weighted by molar-refractivity contribution is 0.0904. The average molecular weight is 219 g/mol. The van der Waals surface area contributed by atoms with Crippen molar-refractivity contribution in [3.63, 3.8) is 0 Å². The molecule has 6 heteroatoms. The fraction of sp³-hybridized carbons (Fsp3) is 0.778. The van der Waals surface area contributed by atoms with E-state index in [1.165, 1.54) is 0 Å². The Labute approximate surface area is 88.6 Å². The molecule has 0 atom stereocenters. The highest BCUT2D eigenvalue weighted by Crippen LogP contribution is 1.88. The molecule has 0 aliphatic rings. The van der Waals surface area contributed by atoms with Crippen LogP contribution in [0.3, 0.4) is 0 Å². The van der Waals surface area contributed by atoms with Crippen molar-refractivity contribution in [3.8, 4) is 0 Å². The first-order valence-corrected chi connectivity index (χ1v) is 4.93. The molecule has 0 aromatic heterocycles. The predicted molar refractivity (Wildman–Crippen MR) is 52.9 cm³/mol. The van der Waals surface area contributed by atoms with Gasteiger partial charge in [0.2, 0.25) is 0 Å². The zero-order valence-electron chi connectivity index (χ0n) is 8.82. The van der Waals surface area contributed by atoms with Crippen molar-refractivity contribution in [3.05, 3.63) is 0 Å². The van der Waals surface area contributed by atoms with Gasteiger partial charge >= 0.3 is 12.2 Å². The maximum atomic E-state index is 10.9. The second kappa shape index (κ2) is 9.11. The summed E-state index contributed by atoms with van der Waals surface area (Å²) in [6.45, 7) is 2.83. The molecule has 0 aromatic carbocycles. The van der Waals surface area contributed by atoms with E-state index in [1.807, 2.05) is 6.92 Å². The molecule has 0 fully saturated rings. The number of hydrogen-bond acceptors (Lipinski definition) is 4. The van der Waals surface area contributed by atoms with E-state index in [0.29, 0.717) is 19.6 Å². The van der Waals surface area contributed by atoms with Gasteiger partial charge in [-0.2, -0.15) is 0 Å². The molecule has 0 saturated carbocycles. The minimum atomic E-state index is -1.31. The third-order valence-corrected chi connectivity index (χ3v) is 1.55. The Bertz CT molecular complexity index is 195. The van der Waals surface area contributed by atoms with Crippen LogP contribution in [0.25, 0.3) is 0 Å². The molecule has 88 valence electrons. The molecule has 0 radical (unpaired) electrons. The van der Waals surface area contributed by atoms with Crippen LogP contribution >= 0.6 is 0 Å². The molecule has 0 rings (SSSR count). The Morgan fingerprint density at radius 2 is 1.87 bits per heavy atom. The predicted octanol–water partition coefficient (Wildman–Crippen LogP) is 1.60. The summed E-state index contributed by atoms with van der Waals surface area (Å²) in [5.74, 6) is 0. The number of hydrogen-bond donors (Lipinski definition) is 2. The van der Waals surface area contributed by atoms with Gasteiger partial charge in [0.25, 0.3) is 0 Å². The SMILES string of the molecule is CCCCOC(=O)NCCCOC(=O)O. The van der Waals surface area contributed by atoms with Crippen molar-refractivity contribution >= 4 is 12.2 Å². The van der Waals surface area contributed by atoms with Crippen LogP contribution in [-0.4, -0.2) is 37.1 Å². The number of carbonyl (C=O) groups is 2. The number of alkyl carbamates (subject to hydrolysis) is 1. The van der Waals surface area contributed by atoms with Crippen molar-refractivity contribution in [2.75, 3.05) is 19.8 Å². The van der Waals surface area contributed by atoms with Gasteiger partial charge in [-0.3, -0.25) is 0 Å². The Morgan fingerprint density at radius 3 is 2.47 bits per heavy atom. The normalized spacial score (nSPS) is 9.40. The second-order valence-electron chi connectivity index (χ2n) is 2.88. The van der Waals surface area contributed by atoms with Gasteiger partial charge in [-0.1, -0.05) is 13.3 Å². The molecule has 0 aliphatic carbocycles. The summed E-state index contributed by atoms with van der Waals surface area (Å²) in [6, 6.07) is 0. The third kappa shape index (κ3) is 10.5. The zero-order valence-corrected chi connectivity index (χ0v) is 8.82. The first kappa shape index (κ1) is 13.5. The number of rotatable bonds is 7. The van der Waals surface area contributed by atoms with Gasteiger partial charge in [0.05, 0.1) is 13.2 Å². The van der Waals surface area contributed by atoms with E-state index < -0.39 is 12.2 Å². The summed E-state index contributed by atoms with van der Waals surface area (Å²) in [7, 11) is 0. The van der Waals surface area contributed by atoms with Gasteiger partial charge in [0, 0.05) is 6.54 Å². The summed E-state index contributed by atoms with van der Waals surface area (Å²) in [5.41, 5.74) is 0. The molecule has 0 spiro atoms. The van der Waals surface area contributed by atoms with Gasteiger partial charge in [0.1, 0.15) is 0 Å². The van der Waals surface area contributed by atoms with E-state index in [4.69, 9.17) is 9.84 Å². The van der Waals surface area contributed by atoms with Crippen LogP contribution in [0.15, 0.2) is 0 Å². The van der Waals surface area contributed by atoms with E-state index >= 15 is 0 Å². The maximum Gasteiger partial charge on any atom is 0.505 e. The van der Waals surface area contributed by atoms with Gasteiger partial charge in [-0.05, 0) is 12.8 Å². The molecule has 0 aliphatic heterocycles. The van der Waals surface area contributed by atoms with E-state index in [0.717, 1.165) is 12.8 Å². The quantitative estimate of drug-likeness (QED) is 0.501. The number of unbranched alkanes of at least 4 members (excludes halogenated alkanes) is 1. The van der Waals surface area contributed by atoms with Crippen molar-refractivity contribution in [2.45, 2.75) is 26.2 Å². The van der Waals surface area contributed by atoms with Crippen molar-refractivity contribution in [1.82, 2.24) is 5.32 Å². The number of amides is 1.